The summed E-state index contributed by atoms with van der Waals surface area (Å²) in [6, 6.07) is 5.31. The van der Waals surface area contributed by atoms with Gasteiger partial charge in [0, 0.05) is 25.4 Å². The van der Waals surface area contributed by atoms with Crippen molar-refractivity contribution in [2.24, 2.45) is 0 Å². The number of carbonyl (C=O) groups is 1. The van der Waals surface area contributed by atoms with E-state index in [0.717, 1.165) is 0 Å². The van der Waals surface area contributed by atoms with Crippen molar-refractivity contribution in [2.75, 3.05) is 5.32 Å². The Kier molecular flexibility index (Phi) is 4.28. The van der Waals surface area contributed by atoms with Gasteiger partial charge in [-0.1, -0.05) is 0 Å². The molecule has 0 aliphatic carbocycles. The van der Waals surface area contributed by atoms with Crippen LogP contribution in [0.4, 0.5) is 5.69 Å². The molecule has 0 saturated carbocycles. The van der Waals surface area contributed by atoms with Gasteiger partial charge in [0.1, 0.15) is 17.0 Å². The van der Waals surface area contributed by atoms with Gasteiger partial charge >= 0.3 is 0 Å². The summed E-state index contributed by atoms with van der Waals surface area (Å²) in [7, 11) is 0. The Morgan fingerprint density at radius 1 is 1.19 bits per heavy atom. The van der Waals surface area contributed by atoms with Gasteiger partial charge in [-0.2, -0.15) is 0 Å². The Labute approximate surface area is 151 Å². The van der Waals surface area contributed by atoms with Crippen molar-refractivity contribution in [3.63, 3.8) is 0 Å². The summed E-state index contributed by atoms with van der Waals surface area (Å²) >= 11 is 1.42. The Balaban J connectivity index is 1.39. The average molecular weight is 366 g/mol. The predicted octanol–water partition coefficient (Wildman–Crippen LogP) is 2.07. The van der Waals surface area contributed by atoms with Crippen molar-refractivity contribution < 1.29 is 4.79 Å². The lowest BCUT2D eigenvalue weighted by atomic mass is 10.3. The third-order valence-electron chi connectivity index (χ3n) is 3.83. The molecule has 4 aromatic rings. The highest BCUT2D eigenvalue weighted by molar-refractivity contribution is 7.16. The second-order valence-electron chi connectivity index (χ2n) is 5.56. The van der Waals surface area contributed by atoms with Crippen LogP contribution in [0.5, 0.6) is 0 Å². The zero-order valence-corrected chi connectivity index (χ0v) is 14.4. The molecule has 8 nitrogen and oxygen atoms in total. The molecular weight excluding hydrogens is 352 g/mol. The van der Waals surface area contributed by atoms with Crippen LogP contribution in [0.15, 0.2) is 59.6 Å². The van der Waals surface area contributed by atoms with Crippen LogP contribution in [0, 0.1) is 0 Å². The van der Waals surface area contributed by atoms with Crippen molar-refractivity contribution in [3.8, 4) is 5.82 Å². The van der Waals surface area contributed by atoms with Gasteiger partial charge in [0.25, 0.3) is 5.56 Å². The second-order valence-corrected chi connectivity index (χ2v) is 6.45. The smallest absolute Gasteiger partial charge is 0.262 e. The number of nitrogens with zero attached hydrogens (tertiary/aromatic N) is 5. The molecule has 0 radical (unpaired) electrons. The van der Waals surface area contributed by atoms with Gasteiger partial charge in [0.2, 0.25) is 5.91 Å². The van der Waals surface area contributed by atoms with E-state index in [9.17, 15) is 9.59 Å². The third-order valence-corrected chi connectivity index (χ3v) is 4.65. The number of aryl methyl sites for hydroxylation is 1. The van der Waals surface area contributed by atoms with Crippen LogP contribution in [0.1, 0.15) is 6.42 Å². The maximum atomic E-state index is 12.3. The number of imidazole rings is 1. The fourth-order valence-corrected chi connectivity index (χ4v) is 3.23. The Bertz CT molecular complexity index is 1100. The number of pyridine rings is 1. The number of carbonyl (C=O) groups excluding carboxylic acids is 1. The van der Waals surface area contributed by atoms with Crippen LogP contribution >= 0.6 is 11.3 Å². The molecular formula is C17H14N6O2S. The Hall–Kier alpha value is -3.33. The third kappa shape index (κ3) is 3.24. The summed E-state index contributed by atoms with van der Waals surface area (Å²) in [6.45, 7) is 0.268. The summed E-state index contributed by atoms with van der Waals surface area (Å²) < 4.78 is 3.22. The molecule has 4 rings (SSSR count). The number of nitrogens with one attached hydrogen (secondary N) is 1. The van der Waals surface area contributed by atoms with Gasteiger partial charge in [-0.25, -0.2) is 15.0 Å². The van der Waals surface area contributed by atoms with E-state index >= 15 is 0 Å². The van der Waals surface area contributed by atoms with Gasteiger partial charge < -0.3 is 5.32 Å². The molecule has 1 amide bonds. The molecule has 26 heavy (non-hydrogen) atoms. The number of aromatic nitrogens is 5. The minimum absolute atomic E-state index is 0.129. The molecule has 1 N–H and O–H groups in total. The lowest BCUT2D eigenvalue weighted by molar-refractivity contribution is -0.116. The Morgan fingerprint density at radius 2 is 2.12 bits per heavy atom. The summed E-state index contributed by atoms with van der Waals surface area (Å²) in [5.74, 6) is 0.515. The number of hydrogen-bond donors (Lipinski definition) is 1. The molecule has 0 saturated heterocycles. The zero-order valence-electron chi connectivity index (χ0n) is 13.6. The molecule has 0 aliphatic rings. The van der Waals surface area contributed by atoms with E-state index in [-0.39, 0.29) is 24.4 Å². The number of amides is 1. The van der Waals surface area contributed by atoms with Crippen LogP contribution in [0.25, 0.3) is 16.0 Å². The second kappa shape index (κ2) is 6.89. The van der Waals surface area contributed by atoms with Crippen molar-refractivity contribution in [3.05, 3.63) is 65.2 Å². The van der Waals surface area contributed by atoms with Crippen molar-refractivity contribution in [1.29, 1.82) is 0 Å². The fourth-order valence-electron chi connectivity index (χ4n) is 2.51. The fraction of sp³-hybridized carbons (Fsp3) is 0.118. The molecule has 0 fully saturated rings. The Morgan fingerprint density at radius 3 is 2.88 bits per heavy atom. The largest absolute Gasteiger partial charge is 0.325 e. The van der Waals surface area contributed by atoms with E-state index in [2.05, 4.69) is 20.3 Å². The van der Waals surface area contributed by atoms with Crippen molar-refractivity contribution in [1.82, 2.24) is 24.1 Å². The standard InChI is InChI=1S/C17H14N6O2S/c24-15(3-6-23-11-20-16-13(17(23)25)4-8-26-16)21-12-1-2-14(19-9-12)22-7-5-18-10-22/h1-2,4-5,7-11H,3,6H2,(H,21,24). The van der Waals surface area contributed by atoms with Crippen LogP contribution in [-0.4, -0.2) is 30.0 Å². The predicted molar refractivity (Wildman–Crippen MR) is 98.5 cm³/mol. The van der Waals surface area contributed by atoms with Gasteiger partial charge in [-0.05, 0) is 23.6 Å². The molecule has 0 unspecified atom stereocenters. The summed E-state index contributed by atoms with van der Waals surface area (Å²) in [5, 5.41) is 5.19. The maximum absolute atomic E-state index is 12.3. The lowest BCUT2D eigenvalue weighted by Gasteiger charge is -2.07. The molecule has 0 bridgehead atoms. The minimum atomic E-state index is -0.195. The molecule has 0 spiro atoms. The summed E-state index contributed by atoms with van der Waals surface area (Å²) in [5.41, 5.74) is 0.466. The molecule has 0 atom stereocenters. The highest BCUT2D eigenvalue weighted by atomic mass is 32.1. The summed E-state index contributed by atoms with van der Waals surface area (Å²) in [6.07, 6.45) is 8.34. The quantitative estimate of drug-likeness (QED) is 0.583. The van der Waals surface area contributed by atoms with Crippen LogP contribution in [-0.2, 0) is 11.3 Å². The maximum Gasteiger partial charge on any atom is 0.262 e. The van der Waals surface area contributed by atoms with E-state index in [1.165, 1.54) is 22.2 Å². The van der Waals surface area contributed by atoms with E-state index in [4.69, 9.17) is 0 Å². The molecule has 130 valence electrons. The van der Waals surface area contributed by atoms with Crippen LogP contribution < -0.4 is 10.9 Å². The number of fused-ring (bicyclic) bond motifs is 1. The van der Waals surface area contributed by atoms with Crippen LogP contribution in [0.3, 0.4) is 0 Å². The first-order chi connectivity index (χ1) is 12.7. The van der Waals surface area contributed by atoms with Gasteiger partial charge in [0.15, 0.2) is 0 Å². The van der Waals surface area contributed by atoms with E-state index in [0.29, 0.717) is 21.7 Å². The summed E-state index contributed by atoms with van der Waals surface area (Å²) in [4.78, 5) is 37.6. The van der Waals surface area contributed by atoms with Crippen molar-refractivity contribution in [2.45, 2.75) is 13.0 Å². The number of rotatable bonds is 5. The van der Waals surface area contributed by atoms with Gasteiger partial charge in [-0.15, -0.1) is 11.3 Å². The first kappa shape index (κ1) is 16.2. The van der Waals surface area contributed by atoms with Crippen LogP contribution in [0.2, 0.25) is 0 Å². The topological polar surface area (TPSA) is 94.7 Å². The van der Waals surface area contributed by atoms with E-state index in [1.54, 1.807) is 47.7 Å². The normalized spacial score (nSPS) is 10.9. The molecule has 4 aromatic heterocycles. The lowest BCUT2D eigenvalue weighted by Crippen LogP contribution is -2.23. The first-order valence-corrected chi connectivity index (χ1v) is 8.75. The molecule has 0 aliphatic heterocycles. The minimum Gasteiger partial charge on any atom is -0.325 e. The SMILES string of the molecule is O=C(CCn1cnc2sccc2c1=O)Nc1ccc(-n2ccnc2)nc1. The molecule has 9 heteroatoms. The highest BCUT2D eigenvalue weighted by Gasteiger charge is 2.08. The highest BCUT2D eigenvalue weighted by Crippen LogP contribution is 2.13. The van der Waals surface area contributed by atoms with Gasteiger partial charge in [0.05, 0.1) is 23.6 Å². The number of hydrogen-bond acceptors (Lipinski definition) is 6. The van der Waals surface area contributed by atoms with Gasteiger partial charge in [-0.3, -0.25) is 18.7 Å². The number of thiophene rings is 1. The van der Waals surface area contributed by atoms with E-state index in [1.807, 2.05) is 5.38 Å². The first-order valence-electron chi connectivity index (χ1n) is 7.87. The molecule has 0 aromatic carbocycles. The number of anilines is 1. The monoisotopic (exact) mass is 366 g/mol. The van der Waals surface area contributed by atoms with Crippen molar-refractivity contribution >= 4 is 33.1 Å². The average Bonchev–Trinajstić information content (AvgIpc) is 3.34. The zero-order chi connectivity index (χ0) is 17.9. The molecule has 4 heterocycles. The van der Waals surface area contributed by atoms with E-state index < -0.39 is 0 Å².